The third-order valence-corrected chi connectivity index (χ3v) is 4.79. The van der Waals surface area contributed by atoms with E-state index in [0.29, 0.717) is 5.52 Å². The maximum absolute atomic E-state index is 13.4. The van der Waals surface area contributed by atoms with Crippen molar-refractivity contribution in [3.63, 3.8) is 0 Å². The SMILES string of the molecule is Cc1cc(-c2nc3cc(F)ccc3n2C)ccc1NC(=O)C(C)C(C)N. The van der Waals surface area contributed by atoms with E-state index >= 15 is 0 Å². The summed E-state index contributed by atoms with van der Waals surface area (Å²) in [6, 6.07) is 10.1. The summed E-state index contributed by atoms with van der Waals surface area (Å²) in [5, 5.41) is 2.92. The van der Waals surface area contributed by atoms with Crippen molar-refractivity contribution < 1.29 is 9.18 Å². The van der Waals surface area contributed by atoms with Crippen molar-refractivity contribution in [1.29, 1.82) is 0 Å². The summed E-state index contributed by atoms with van der Waals surface area (Å²) >= 11 is 0. The second-order valence-electron chi connectivity index (χ2n) is 6.79. The van der Waals surface area contributed by atoms with Gasteiger partial charge in [0.2, 0.25) is 5.91 Å². The van der Waals surface area contributed by atoms with Crippen molar-refractivity contribution >= 4 is 22.6 Å². The number of nitrogens with two attached hydrogens (primary N) is 1. The van der Waals surface area contributed by atoms with Crippen molar-refractivity contribution in [2.75, 3.05) is 5.32 Å². The van der Waals surface area contributed by atoms with Gasteiger partial charge in [-0.2, -0.15) is 0 Å². The minimum Gasteiger partial charge on any atom is -0.327 e. The molecule has 0 saturated heterocycles. The van der Waals surface area contributed by atoms with Crippen molar-refractivity contribution in [1.82, 2.24) is 9.55 Å². The number of anilines is 1. The lowest BCUT2D eigenvalue weighted by Gasteiger charge is -2.17. The Morgan fingerprint density at radius 2 is 1.96 bits per heavy atom. The van der Waals surface area contributed by atoms with Gasteiger partial charge < -0.3 is 15.6 Å². The lowest BCUT2D eigenvalue weighted by molar-refractivity contribution is -0.119. The lowest BCUT2D eigenvalue weighted by Crippen LogP contribution is -2.34. The number of imidazole rings is 1. The summed E-state index contributed by atoms with van der Waals surface area (Å²) < 4.78 is 15.4. The topological polar surface area (TPSA) is 72.9 Å². The Kier molecular flexibility index (Phi) is 4.78. The Balaban J connectivity index is 1.93. The van der Waals surface area contributed by atoms with E-state index in [0.717, 1.165) is 28.2 Å². The van der Waals surface area contributed by atoms with Crippen LogP contribution in [0.25, 0.3) is 22.4 Å². The number of aromatic nitrogens is 2. The predicted octanol–water partition coefficient (Wildman–Crippen LogP) is 3.61. The fraction of sp³-hybridized carbons (Fsp3) is 0.300. The number of carbonyl (C=O) groups excluding carboxylic acids is 1. The molecule has 2 aromatic carbocycles. The van der Waals surface area contributed by atoms with Crippen LogP contribution < -0.4 is 11.1 Å². The molecule has 3 aromatic rings. The molecule has 1 amide bonds. The number of amides is 1. The number of hydrogen-bond acceptors (Lipinski definition) is 3. The highest BCUT2D eigenvalue weighted by molar-refractivity contribution is 5.93. The average molecular weight is 354 g/mol. The Morgan fingerprint density at radius 3 is 2.62 bits per heavy atom. The van der Waals surface area contributed by atoms with Gasteiger partial charge in [0.15, 0.2) is 0 Å². The van der Waals surface area contributed by atoms with E-state index in [-0.39, 0.29) is 23.7 Å². The number of nitrogens with one attached hydrogen (secondary N) is 1. The molecule has 3 N–H and O–H groups in total. The molecule has 2 unspecified atom stereocenters. The first-order chi connectivity index (χ1) is 12.3. The van der Waals surface area contributed by atoms with E-state index in [1.807, 2.05) is 50.6 Å². The number of hydrogen-bond donors (Lipinski definition) is 2. The van der Waals surface area contributed by atoms with Crippen LogP contribution in [-0.4, -0.2) is 21.5 Å². The molecule has 3 rings (SSSR count). The molecule has 136 valence electrons. The second-order valence-corrected chi connectivity index (χ2v) is 6.79. The van der Waals surface area contributed by atoms with Crippen LogP contribution in [0.15, 0.2) is 36.4 Å². The maximum Gasteiger partial charge on any atom is 0.228 e. The maximum atomic E-state index is 13.4. The molecule has 0 spiro atoms. The van der Waals surface area contributed by atoms with Crippen LogP contribution in [0, 0.1) is 18.7 Å². The highest BCUT2D eigenvalue weighted by Gasteiger charge is 2.18. The van der Waals surface area contributed by atoms with Gasteiger partial charge in [-0.05, 0) is 49.7 Å². The van der Waals surface area contributed by atoms with E-state index in [9.17, 15) is 9.18 Å². The number of aryl methyl sites for hydroxylation is 2. The first-order valence-corrected chi connectivity index (χ1v) is 8.57. The molecule has 0 bridgehead atoms. The van der Waals surface area contributed by atoms with Gasteiger partial charge in [-0.1, -0.05) is 6.92 Å². The minimum absolute atomic E-state index is 0.103. The van der Waals surface area contributed by atoms with Crippen molar-refractivity contribution in [3.8, 4) is 11.4 Å². The van der Waals surface area contributed by atoms with E-state index in [1.165, 1.54) is 12.1 Å². The number of fused-ring (bicyclic) bond motifs is 1. The summed E-state index contributed by atoms with van der Waals surface area (Å²) in [5.74, 6) is 0.0630. The molecule has 6 heteroatoms. The molecule has 0 aliphatic heterocycles. The molecule has 5 nitrogen and oxygen atoms in total. The molecule has 0 saturated carbocycles. The molecule has 0 aliphatic rings. The van der Waals surface area contributed by atoms with E-state index in [2.05, 4.69) is 10.3 Å². The Hall–Kier alpha value is -2.73. The fourth-order valence-corrected chi connectivity index (χ4v) is 2.86. The van der Waals surface area contributed by atoms with E-state index in [1.54, 1.807) is 6.07 Å². The second kappa shape index (κ2) is 6.88. The Labute approximate surface area is 152 Å². The number of halogens is 1. The predicted molar refractivity (Wildman–Crippen MR) is 102 cm³/mol. The number of carbonyl (C=O) groups is 1. The Bertz CT molecular complexity index is 977. The minimum atomic E-state index is -0.306. The third-order valence-electron chi connectivity index (χ3n) is 4.79. The highest BCUT2D eigenvalue weighted by Crippen LogP contribution is 2.27. The molecule has 26 heavy (non-hydrogen) atoms. The standard InChI is InChI=1S/C20H23FN4O/c1-11-9-14(5-7-16(11)24-20(26)12(2)13(3)22)19-23-17-10-15(21)6-8-18(17)25(19)4/h5-10,12-13H,22H2,1-4H3,(H,24,26). The van der Waals surface area contributed by atoms with E-state index in [4.69, 9.17) is 5.73 Å². The van der Waals surface area contributed by atoms with Crippen LogP contribution in [0.2, 0.25) is 0 Å². The van der Waals surface area contributed by atoms with Crippen LogP contribution in [0.3, 0.4) is 0 Å². The average Bonchev–Trinajstić information content (AvgIpc) is 2.91. The zero-order valence-corrected chi connectivity index (χ0v) is 15.4. The monoisotopic (exact) mass is 354 g/mol. The molecular formula is C20H23FN4O. The quantitative estimate of drug-likeness (QED) is 0.752. The summed E-state index contributed by atoms with van der Waals surface area (Å²) in [5.41, 5.74) is 9.84. The van der Waals surface area contributed by atoms with Gasteiger partial charge >= 0.3 is 0 Å². The summed E-state index contributed by atoms with van der Waals surface area (Å²) in [7, 11) is 1.90. The lowest BCUT2D eigenvalue weighted by atomic mass is 10.0. The molecule has 0 fully saturated rings. The molecule has 1 heterocycles. The van der Waals surface area contributed by atoms with Crippen molar-refractivity contribution in [2.24, 2.45) is 18.7 Å². The zero-order valence-electron chi connectivity index (χ0n) is 15.4. The number of nitrogens with zero attached hydrogens (tertiary/aromatic N) is 2. The summed E-state index contributed by atoms with van der Waals surface area (Å²) in [6.45, 7) is 5.55. The van der Waals surface area contributed by atoms with Crippen LogP contribution in [0.4, 0.5) is 10.1 Å². The van der Waals surface area contributed by atoms with Crippen molar-refractivity contribution in [2.45, 2.75) is 26.8 Å². The Morgan fingerprint density at radius 1 is 1.23 bits per heavy atom. The molecule has 0 radical (unpaired) electrons. The van der Waals surface area contributed by atoms with E-state index < -0.39 is 0 Å². The highest BCUT2D eigenvalue weighted by atomic mass is 19.1. The van der Waals surface area contributed by atoms with Gasteiger partial charge in [-0.15, -0.1) is 0 Å². The molecule has 0 aliphatic carbocycles. The summed E-state index contributed by atoms with van der Waals surface area (Å²) in [4.78, 5) is 16.8. The largest absolute Gasteiger partial charge is 0.327 e. The van der Waals surface area contributed by atoms with Crippen molar-refractivity contribution in [3.05, 3.63) is 47.8 Å². The van der Waals surface area contributed by atoms with Crippen LogP contribution in [-0.2, 0) is 11.8 Å². The van der Waals surface area contributed by atoms with Gasteiger partial charge in [0, 0.05) is 30.4 Å². The first kappa shape index (κ1) is 18.1. The smallest absolute Gasteiger partial charge is 0.228 e. The van der Waals surface area contributed by atoms with Crippen LogP contribution in [0.5, 0.6) is 0 Å². The number of benzene rings is 2. The number of rotatable bonds is 4. The van der Waals surface area contributed by atoms with Crippen LogP contribution >= 0.6 is 0 Å². The third kappa shape index (κ3) is 3.32. The van der Waals surface area contributed by atoms with Gasteiger partial charge in [-0.3, -0.25) is 4.79 Å². The summed E-state index contributed by atoms with van der Waals surface area (Å²) in [6.07, 6.45) is 0. The first-order valence-electron chi connectivity index (χ1n) is 8.57. The van der Waals surface area contributed by atoms with Gasteiger partial charge in [-0.25, -0.2) is 9.37 Å². The normalized spacial score (nSPS) is 13.6. The molecule has 2 atom stereocenters. The van der Waals surface area contributed by atoms with Gasteiger partial charge in [0.25, 0.3) is 0 Å². The fourth-order valence-electron chi connectivity index (χ4n) is 2.86. The van der Waals surface area contributed by atoms with Gasteiger partial charge in [0.05, 0.1) is 17.0 Å². The van der Waals surface area contributed by atoms with Crippen LogP contribution in [0.1, 0.15) is 19.4 Å². The van der Waals surface area contributed by atoms with Gasteiger partial charge in [0.1, 0.15) is 11.6 Å². The zero-order chi connectivity index (χ0) is 19.0. The molecular weight excluding hydrogens is 331 g/mol. The molecule has 1 aromatic heterocycles.